The fourth-order valence-corrected chi connectivity index (χ4v) is 2.25. The number of carbonyl (C=O) groups excluding carboxylic acids is 2. The van der Waals surface area contributed by atoms with Crippen LogP contribution < -0.4 is 14.8 Å². The van der Waals surface area contributed by atoms with Crippen LogP contribution >= 0.6 is 0 Å². The van der Waals surface area contributed by atoms with E-state index in [4.69, 9.17) is 14.2 Å². The monoisotopic (exact) mass is 325 g/mol. The number of esters is 1. The van der Waals surface area contributed by atoms with Gasteiger partial charge in [-0.05, 0) is 30.3 Å². The fourth-order valence-electron chi connectivity index (χ4n) is 2.25. The molecule has 0 aromatic heterocycles. The number of ketones is 1. The molecule has 2 aromatic carbocycles. The number of methoxy groups -OCH3 is 1. The standard InChI is InChI=1S/C18H15NO5/c1-22-18(21)13-4-2-3-5-14(13)19-9-8-15(20)12-6-7-16-17(10-12)24-11-23-16/h2-10,19H,11H2,1H3/b9-8+. The van der Waals surface area contributed by atoms with Crippen molar-refractivity contribution in [3.05, 3.63) is 65.9 Å². The van der Waals surface area contributed by atoms with Crippen molar-refractivity contribution in [3.63, 3.8) is 0 Å². The van der Waals surface area contributed by atoms with Gasteiger partial charge in [-0.3, -0.25) is 4.79 Å². The molecule has 0 fully saturated rings. The van der Waals surface area contributed by atoms with Gasteiger partial charge < -0.3 is 19.5 Å². The fraction of sp³-hybridized carbons (Fsp3) is 0.111. The molecule has 6 nitrogen and oxygen atoms in total. The zero-order chi connectivity index (χ0) is 16.9. The highest BCUT2D eigenvalue weighted by Gasteiger charge is 2.15. The molecule has 1 aliphatic heterocycles. The highest BCUT2D eigenvalue weighted by molar-refractivity contribution is 6.05. The number of nitrogens with one attached hydrogen (secondary N) is 1. The first-order valence-electron chi connectivity index (χ1n) is 7.23. The van der Waals surface area contributed by atoms with E-state index in [0.717, 1.165) is 0 Å². The Balaban J connectivity index is 1.71. The Morgan fingerprint density at radius 2 is 1.92 bits per heavy atom. The Bertz CT molecular complexity index is 813. The Morgan fingerprint density at radius 3 is 2.75 bits per heavy atom. The molecule has 0 saturated carbocycles. The summed E-state index contributed by atoms with van der Waals surface area (Å²) < 4.78 is 15.2. The summed E-state index contributed by atoms with van der Waals surface area (Å²) in [4.78, 5) is 23.9. The number of para-hydroxylation sites is 1. The molecule has 0 atom stereocenters. The third-order valence-electron chi connectivity index (χ3n) is 3.46. The number of fused-ring (bicyclic) bond motifs is 1. The number of carbonyl (C=O) groups is 2. The minimum atomic E-state index is -0.450. The van der Waals surface area contributed by atoms with Gasteiger partial charge in [0.05, 0.1) is 18.4 Å². The minimum Gasteiger partial charge on any atom is -0.465 e. The van der Waals surface area contributed by atoms with Crippen LogP contribution in [0.4, 0.5) is 5.69 Å². The molecule has 1 N–H and O–H groups in total. The van der Waals surface area contributed by atoms with Gasteiger partial charge in [-0.1, -0.05) is 12.1 Å². The first-order chi connectivity index (χ1) is 11.7. The average Bonchev–Trinajstić information content (AvgIpc) is 3.09. The molecule has 0 saturated heterocycles. The van der Waals surface area contributed by atoms with Gasteiger partial charge in [0, 0.05) is 17.8 Å². The molecule has 3 rings (SSSR count). The molecule has 0 bridgehead atoms. The lowest BCUT2D eigenvalue weighted by Gasteiger charge is -2.06. The molecule has 0 unspecified atom stereocenters. The van der Waals surface area contributed by atoms with Crippen LogP contribution in [0.5, 0.6) is 11.5 Å². The van der Waals surface area contributed by atoms with Crippen LogP contribution in [0.25, 0.3) is 0 Å². The highest BCUT2D eigenvalue weighted by atomic mass is 16.7. The second kappa shape index (κ2) is 6.87. The summed E-state index contributed by atoms with van der Waals surface area (Å²) in [6.45, 7) is 0.161. The normalized spacial score (nSPS) is 12.2. The second-order valence-corrected chi connectivity index (χ2v) is 4.95. The van der Waals surface area contributed by atoms with Crippen molar-refractivity contribution in [1.82, 2.24) is 0 Å². The van der Waals surface area contributed by atoms with Crippen molar-refractivity contribution in [3.8, 4) is 11.5 Å². The Hall–Kier alpha value is -3.28. The van der Waals surface area contributed by atoms with E-state index in [-0.39, 0.29) is 12.6 Å². The quantitative estimate of drug-likeness (QED) is 0.517. The van der Waals surface area contributed by atoms with Crippen molar-refractivity contribution in [2.24, 2.45) is 0 Å². The van der Waals surface area contributed by atoms with Gasteiger partial charge in [-0.25, -0.2) is 4.79 Å². The molecule has 0 radical (unpaired) electrons. The maximum Gasteiger partial charge on any atom is 0.339 e. The summed E-state index contributed by atoms with van der Waals surface area (Å²) in [7, 11) is 1.32. The minimum absolute atomic E-state index is 0.161. The van der Waals surface area contributed by atoms with Crippen LogP contribution in [-0.4, -0.2) is 25.7 Å². The van der Waals surface area contributed by atoms with Crippen LogP contribution in [0.3, 0.4) is 0 Å². The topological polar surface area (TPSA) is 73.9 Å². The zero-order valence-electron chi connectivity index (χ0n) is 12.9. The van der Waals surface area contributed by atoms with Crippen molar-refractivity contribution in [2.75, 3.05) is 19.2 Å². The van der Waals surface area contributed by atoms with Crippen molar-refractivity contribution in [2.45, 2.75) is 0 Å². The van der Waals surface area contributed by atoms with Gasteiger partial charge in [-0.15, -0.1) is 0 Å². The molecule has 1 aliphatic rings. The number of benzene rings is 2. The summed E-state index contributed by atoms with van der Waals surface area (Å²) in [5, 5.41) is 2.92. The van der Waals surface area contributed by atoms with Gasteiger partial charge in [0.2, 0.25) is 6.79 Å². The smallest absolute Gasteiger partial charge is 0.339 e. The molecule has 1 heterocycles. The van der Waals surface area contributed by atoms with Crippen molar-refractivity contribution >= 4 is 17.4 Å². The molecule has 0 aliphatic carbocycles. The zero-order valence-corrected chi connectivity index (χ0v) is 12.9. The number of rotatable bonds is 5. The summed E-state index contributed by atoms with van der Waals surface area (Å²) in [5.41, 5.74) is 1.43. The van der Waals surface area contributed by atoms with E-state index in [9.17, 15) is 9.59 Å². The number of allylic oxidation sites excluding steroid dienone is 1. The molecular weight excluding hydrogens is 310 g/mol. The van der Waals surface area contributed by atoms with Crippen LogP contribution in [0.1, 0.15) is 20.7 Å². The summed E-state index contributed by atoms with van der Waals surface area (Å²) >= 11 is 0. The van der Waals surface area contributed by atoms with E-state index in [1.54, 1.807) is 42.5 Å². The lowest BCUT2D eigenvalue weighted by atomic mass is 10.1. The molecule has 122 valence electrons. The van der Waals surface area contributed by atoms with E-state index in [2.05, 4.69) is 5.32 Å². The average molecular weight is 325 g/mol. The van der Waals surface area contributed by atoms with Gasteiger partial charge in [0.15, 0.2) is 17.3 Å². The van der Waals surface area contributed by atoms with E-state index in [0.29, 0.717) is 28.3 Å². The van der Waals surface area contributed by atoms with Crippen molar-refractivity contribution in [1.29, 1.82) is 0 Å². The van der Waals surface area contributed by atoms with Crippen LogP contribution in [-0.2, 0) is 4.74 Å². The predicted molar refractivity (Wildman–Crippen MR) is 87.4 cm³/mol. The molecule has 0 spiro atoms. The van der Waals surface area contributed by atoms with Crippen LogP contribution in [0.15, 0.2) is 54.7 Å². The molecule has 6 heteroatoms. The number of ether oxygens (including phenoxy) is 3. The third kappa shape index (κ3) is 3.22. The third-order valence-corrected chi connectivity index (χ3v) is 3.46. The van der Waals surface area contributed by atoms with E-state index in [1.807, 2.05) is 0 Å². The highest BCUT2D eigenvalue weighted by Crippen LogP contribution is 2.32. The number of hydrogen-bond donors (Lipinski definition) is 1. The number of hydrogen-bond acceptors (Lipinski definition) is 6. The molecule has 0 amide bonds. The lowest BCUT2D eigenvalue weighted by molar-refractivity contribution is 0.0601. The summed E-state index contributed by atoms with van der Waals surface area (Å²) in [5.74, 6) is 0.531. The Kier molecular flexibility index (Phi) is 4.47. The van der Waals surface area contributed by atoms with E-state index < -0.39 is 5.97 Å². The second-order valence-electron chi connectivity index (χ2n) is 4.95. The van der Waals surface area contributed by atoms with E-state index >= 15 is 0 Å². The summed E-state index contributed by atoms with van der Waals surface area (Å²) in [6.07, 6.45) is 2.86. The molecule has 2 aromatic rings. The van der Waals surface area contributed by atoms with Crippen molar-refractivity contribution < 1.29 is 23.8 Å². The van der Waals surface area contributed by atoms with Gasteiger partial charge in [-0.2, -0.15) is 0 Å². The molecule has 24 heavy (non-hydrogen) atoms. The SMILES string of the molecule is COC(=O)c1ccccc1N/C=C/C(=O)c1ccc2c(c1)OCO2. The van der Waals surface area contributed by atoms with Gasteiger partial charge in [0.25, 0.3) is 0 Å². The first-order valence-corrected chi connectivity index (χ1v) is 7.23. The first kappa shape index (κ1) is 15.6. The van der Waals surface area contributed by atoms with Gasteiger partial charge in [0.1, 0.15) is 0 Å². The maximum absolute atomic E-state index is 12.2. The maximum atomic E-state index is 12.2. The van der Waals surface area contributed by atoms with Crippen LogP contribution in [0, 0.1) is 0 Å². The largest absolute Gasteiger partial charge is 0.465 e. The summed E-state index contributed by atoms with van der Waals surface area (Å²) in [6, 6.07) is 11.9. The van der Waals surface area contributed by atoms with E-state index in [1.165, 1.54) is 19.4 Å². The van der Waals surface area contributed by atoms with Gasteiger partial charge >= 0.3 is 5.97 Å². The van der Waals surface area contributed by atoms with Crippen LogP contribution in [0.2, 0.25) is 0 Å². The Labute approximate surface area is 138 Å². The Morgan fingerprint density at radius 1 is 1.12 bits per heavy atom. The number of anilines is 1. The lowest BCUT2D eigenvalue weighted by Crippen LogP contribution is -2.05. The predicted octanol–water partition coefficient (Wildman–Crippen LogP) is 3.01. The molecular formula is C18H15NO5.